The van der Waals surface area contributed by atoms with Crippen LogP contribution in [0, 0.1) is 0 Å². The van der Waals surface area contributed by atoms with Gasteiger partial charge in [0.2, 0.25) is 0 Å². The topological polar surface area (TPSA) is 34.2 Å². The Hall–Kier alpha value is -0.930. The van der Waals surface area contributed by atoms with Gasteiger partial charge in [-0.2, -0.15) is 0 Å². The molecule has 12 heavy (non-hydrogen) atoms. The Morgan fingerprint density at radius 1 is 1.67 bits per heavy atom. The molecule has 0 amide bonds. The van der Waals surface area contributed by atoms with Crippen LogP contribution in [0.4, 0.5) is 0 Å². The summed E-state index contributed by atoms with van der Waals surface area (Å²) in [7, 11) is 0. The Morgan fingerprint density at radius 3 is 3.33 bits per heavy atom. The maximum atomic E-state index is 8.01. The fourth-order valence-electron chi connectivity index (χ4n) is 1.19. The highest BCUT2D eigenvalue weighted by Gasteiger charge is 2.15. The normalized spacial score (nSPS) is 31.2. The van der Waals surface area contributed by atoms with Gasteiger partial charge in [0.05, 0.1) is 13.7 Å². The van der Waals surface area contributed by atoms with Crippen molar-refractivity contribution in [1.82, 2.24) is 10.3 Å². The van der Waals surface area contributed by atoms with Crippen LogP contribution >= 0.6 is 0 Å². The monoisotopic (exact) mass is 165 g/mol. The lowest BCUT2D eigenvalue weighted by atomic mass is 10.2. The maximum Gasteiger partial charge on any atom is 0.112 e. The molecule has 1 aliphatic rings. The molecule has 1 saturated heterocycles. The van der Waals surface area contributed by atoms with E-state index in [1.165, 1.54) is 0 Å². The van der Waals surface area contributed by atoms with Gasteiger partial charge in [0.1, 0.15) is 6.08 Å². The van der Waals surface area contributed by atoms with E-state index in [0.717, 1.165) is 6.54 Å². The third kappa shape index (κ3) is 1.62. The van der Waals surface area contributed by atoms with Crippen LogP contribution in [0.15, 0.2) is 24.4 Å². The van der Waals surface area contributed by atoms with Crippen LogP contribution in [0.25, 0.3) is 0 Å². The molecule has 1 aromatic heterocycles. The molecule has 0 unspecified atom stereocenters. The van der Waals surface area contributed by atoms with Crippen LogP contribution in [0.3, 0.4) is 0 Å². The van der Waals surface area contributed by atoms with E-state index in [2.05, 4.69) is 10.3 Å². The van der Waals surface area contributed by atoms with Gasteiger partial charge in [-0.3, -0.25) is 4.98 Å². The zero-order valence-corrected chi connectivity index (χ0v) is 6.79. The molecule has 3 nitrogen and oxygen atoms in total. The number of hydrogen-bond donors (Lipinski definition) is 1. The van der Waals surface area contributed by atoms with Crippen molar-refractivity contribution in [1.29, 1.82) is 0 Å². The third-order valence-electron chi connectivity index (χ3n) is 1.79. The van der Waals surface area contributed by atoms with Gasteiger partial charge in [0.25, 0.3) is 0 Å². The Kier molecular flexibility index (Phi) is 2.00. The summed E-state index contributed by atoms with van der Waals surface area (Å²) in [6, 6.07) is 5.53. The minimum atomic E-state index is -1.00. The Balaban J connectivity index is 2.23. The Morgan fingerprint density at radius 2 is 2.67 bits per heavy atom. The molecule has 1 aromatic rings. The fourth-order valence-corrected chi connectivity index (χ4v) is 1.19. The van der Waals surface area contributed by atoms with Crippen LogP contribution in [0.2, 0.25) is 0 Å². The predicted octanol–water partition coefficient (Wildman–Crippen LogP) is 0.742. The second-order valence-corrected chi connectivity index (χ2v) is 2.66. The lowest BCUT2D eigenvalue weighted by Crippen LogP contribution is -2.33. The summed E-state index contributed by atoms with van der Waals surface area (Å²) in [5, 5.41) is 3.12. The summed E-state index contributed by atoms with van der Waals surface area (Å²) in [5.74, 6) is 0. The molecular weight excluding hydrogens is 152 g/mol. The SMILES string of the molecule is [2H][C@]1(c2ccccn2)CNCCO1. The molecule has 64 valence electrons. The van der Waals surface area contributed by atoms with Gasteiger partial charge in [-0.15, -0.1) is 0 Å². The molecule has 2 rings (SSSR count). The molecule has 2 heterocycles. The summed E-state index contributed by atoms with van der Waals surface area (Å²) in [6.07, 6.45) is 0.684. The molecule has 0 spiro atoms. The first-order valence-electron chi connectivity index (χ1n) is 4.57. The quantitative estimate of drug-likeness (QED) is 0.666. The number of morpholine rings is 1. The van der Waals surface area contributed by atoms with E-state index in [0.29, 0.717) is 18.8 Å². The first-order chi connectivity index (χ1) is 6.31. The molecule has 1 atom stereocenters. The second kappa shape index (κ2) is 3.65. The summed E-state index contributed by atoms with van der Waals surface area (Å²) in [4.78, 5) is 4.12. The van der Waals surface area contributed by atoms with E-state index in [1.54, 1.807) is 6.20 Å². The molecule has 0 aliphatic carbocycles. The van der Waals surface area contributed by atoms with Crippen molar-refractivity contribution < 1.29 is 6.11 Å². The van der Waals surface area contributed by atoms with Gasteiger partial charge in [-0.1, -0.05) is 6.07 Å². The lowest BCUT2D eigenvalue weighted by molar-refractivity contribution is 0.0250. The number of nitrogens with zero attached hydrogens (tertiary/aromatic N) is 1. The summed E-state index contributed by atoms with van der Waals surface area (Å²) < 4.78 is 13.4. The van der Waals surface area contributed by atoms with E-state index >= 15 is 0 Å². The smallest absolute Gasteiger partial charge is 0.112 e. The average molecular weight is 165 g/mol. The molecule has 3 heteroatoms. The zero-order valence-electron chi connectivity index (χ0n) is 7.79. The van der Waals surface area contributed by atoms with Crippen LogP contribution in [-0.2, 0) is 4.74 Å². The van der Waals surface area contributed by atoms with E-state index in [-0.39, 0.29) is 0 Å². The molecule has 1 aliphatic heterocycles. The molecule has 1 N–H and O–H groups in total. The van der Waals surface area contributed by atoms with Crippen LogP contribution in [0.5, 0.6) is 0 Å². The molecule has 1 fully saturated rings. The highest BCUT2D eigenvalue weighted by molar-refractivity contribution is 5.07. The highest BCUT2D eigenvalue weighted by Crippen LogP contribution is 2.14. The van der Waals surface area contributed by atoms with Crippen molar-refractivity contribution in [3.63, 3.8) is 0 Å². The number of pyridine rings is 1. The highest BCUT2D eigenvalue weighted by atomic mass is 16.5. The Labute approximate surface area is 73.2 Å². The van der Waals surface area contributed by atoms with E-state index in [4.69, 9.17) is 6.11 Å². The molecule has 0 saturated carbocycles. The number of rotatable bonds is 1. The first kappa shape index (κ1) is 6.57. The van der Waals surface area contributed by atoms with Crippen LogP contribution < -0.4 is 5.32 Å². The maximum absolute atomic E-state index is 8.01. The third-order valence-corrected chi connectivity index (χ3v) is 1.79. The van der Waals surface area contributed by atoms with Gasteiger partial charge in [0, 0.05) is 19.3 Å². The number of nitrogens with one attached hydrogen (secondary N) is 1. The van der Waals surface area contributed by atoms with Crippen molar-refractivity contribution in [2.45, 2.75) is 6.08 Å². The second-order valence-electron chi connectivity index (χ2n) is 2.66. The van der Waals surface area contributed by atoms with E-state index < -0.39 is 6.08 Å². The predicted molar refractivity (Wildman–Crippen MR) is 45.8 cm³/mol. The lowest BCUT2D eigenvalue weighted by Gasteiger charge is -2.22. The minimum absolute atomic E-state index is 0.504. The van der Waals surface area contributed by atoms with Gasteiger partial charge < -0.3 is 10.1 Å². The van der Waals surface area contributed by atoms with Crippen molar-refractivity contribution in [3.8, 4) is 0 Å². The fraction of sp³-hybridized carbons (Fsp3) is 0.444. The largest absolute Gasteiger partial charge is 0.369 e. The van der Waals surface area contributed by atoms with E-state index in [1.807, 2.05) is 18.2 Å². The molecular formula is C9H12N2O. The first-order valence-corrected chi connectivity index (χ1v) is 4.07. The van der Waals surface area contributed by atoms with Crippen LogP contribution in [-0.4, -0.2) is 24.7 Å². The number of hydrogen-bond acceptors (Lipinski definition) is 3. The van der Waals surface area contributed by atoms with Gasteiger partial charge >= 0.3 is 0 Å². The zero-order chi connectivity index (χ0) is 9.15. The van der Waals surface area contributed by atoms with Gasteiger partial charge in [-0.25, -0.2) is 0 Å². The van der Waals surface area contributed by atoms with Crippen molar-refractivity contribution in [2.75, 3.05) is 19.7 Å². The summed E-state index contributed by atoms with van der Waals surface area (Å²) >= 11 is 0. The minimum Gasteiger partial charge on any atom is -0.369 e. The number of ether oxygens (including phenoxy) is 1. The standard InChI is InChI=1S/C9H12N2O/c1-2-4-11-8(3-1)9-7-10-5-6-12-9/h1-4,9-10H,5-7H2/t9-/m1/s1/i9D. The number of aromatic nitrogens is 1. The van der Waals surface area contributed by atoms with E-state index in [9.17, 15) is 0 Å². The molecule has 0 bridgehead atoms. The molecule has 0 aromatic carbocycles. The van der Waals surface area contributed by atoms with Crippen molar-refractivity contribution in [2.24, 2.45) is 0 Å². The Bertz CT molecular complexity index is 272. The van der Waals surface area contributed by atoms with Crippen molar-refractivity contribution in [3.05, 3.63) is 30.1 Å². The average Bonchev–Trinajstić information content (AvgIpc) is 2.20. The molecule has 0 radical (unpaired) electrons. The summed E-state index contributed by atoms with van der Waals surface area (Å²) in [6.45, 7) is 1.89. The van der Waals surface area contributed by atoms with Crippen LogP contribution in [0.1, 0.15) is 13.1 Å². The van der Waals surface area contributed by atoms with Gasteiger partial charge in [-0.05, 0) is 12.1 Å². The van der Waals surface area contributed by atoms with Crippen molar-refractivity contribution >= 4 is 0 Å². The van der Waals surface area contributed by atoms with Gasteiger partial charge in [0.15, 0.2) is 0 Å². The summed E-state index contributed by atoms with van der Waals surface area (Å²) in [5.41, 5.74) is 0.669.